The summed E-state index contributed by atoms with van der Waals surface area (Å²) in [6, 6.07) is 21.4. The van der Waals surface area contributed by atoms with Gasteiger partial charge in [-0.05, 0) is 23.6 Å². The number of benzene rings is 3. The molecule has 0 aliphatic carbocycles. The molecule has 0 aliphatic heterocycles. The molecule has 0 saturated heterocycles. The average Bonchev–Trinajstić information content (AvgIpc) is 2.89. The van der Waals surface area contributed by atoms with Gasteiger partial charge < -0.3 is 4.57 Å². The molecule has 3 aromatic carbocycles. The van der Waals surface area contributed by atoms with Crippen LogP contribution in [0, 0.1) is 0 Å². The van der Waals surface area contributed by atoms with Gasteiger partial charge in [-0.25, -0.2) is 0 Å². The van der Waals surface area contributed by atoms with Gasteiger partial charge in [0.15, 0.2) is 0 Å². The van der Waals surface area contributed by atoms with Crippen molar-refractivity contribution in [3.05, 3.63) is 66.9 Å². The van der Waals surface area contributed by atoms with E-state index in [2.05, 4.69) is 71.2 Å². The van der Waals surface area contributed by atoms with Gasteiger partial charge in [-0.15, -0.1) is 0 Å². The lowest BCUT2D eigenvalue weighted by atomic mass is 10.00. The van der Waals surface area contributed by atoms with Crippen LogP contribution in [0.3, 0.4) is 0 Å². The molecule has 0 atom stereocenters. The highest BCUT2D eigenvalue weighted by molar-refractivity contribution is 6.30. The second kappa shape index (κ2) is 4.08. The Morgan fingerprint density at radius 2 is 1.41 bits per heavy atom. The summed E-state index contributed by atoms with van der Waals surface area (Å²) < 4.78 is 2.29. The van der Waals surface area contributed by atoms with Gasteiger partial charge in [0.1, 0.15) is 0 Å². The van der Waals surface area contributed by atoms with E-state index in [4.69, 9.17) is 0 Å². The first kappa shape index (κ1) is 11.8. The molecule has 0 fully saturated rings. The Labute approximate surface area is 127 Å². The van der Waals surface area contributed by atoms with Crippen molar-refractivity contribution in [1.29, 1.82) is 0 Å². The maximum atomic E-state index is 4.66. The summed E-state index contributed by atoms with van der Waals surface area (Å²) in [4.78, 5) is 4.66. The van der Waals surface area contributed by atoms with Crippen LogP contribution in [0.5, 0.6) is 0 Å². The van der Waals surface area contributed by atoms with Crippen LogP contribution < -0.4 is 0 Å². The fourth-order valence-electron chi connectivity index (χ4n) is 3.70. The predicted octanol–water partition coefficient (Wildman–Crippen LogP) is 5.03. The summed E-state index contributed by atoms with van der Waals surface area (Å²) in [5.74, 6) is 0. The fourth-order valence-corrected chi connectivity index (χ4v) is 3.70. The van der Waals surface area contributed by atoms with E-state index in [-0.39, 0.29) is 0 Å². The highest BCUT2D eigenvalue weighted by Crippen LogP contribution is 2.39. The number of fused-ring (bicyclic) bond motifs is 8. The van der Waals surface area contributed by atoms with Crippen molar-refractivity contribution in [2.45, 2.75) is 0 Å². The number of hydrogen-bond acceptors (Lipinski definition) is 1. The maximum Gasteiger partial charge on any atom is 0.0801 e. The number of nitrogens with zero attached hydrogens (tertiary/aromatic N) is 2. The Hall–Kier alpha value is -2.87. The minimum atomic E-state index is 1.08. The van der Waals surface area contributed by atoms with Crippen LogP contribution in [-0.4, -0.2) is 9.55 Å². The van der Waals surface area contributed by atoms with Crippen molar-refractivity contribution in [2.75, 3.05) is 0 Å². The molecule has 0 spiro atoms. The molecule has 5 aromatic rings. The molecule has 0 amide bonds. The molecule has 0 saturated carbocycles. The Kier molecular flexibility index (Phi) is 2.18. The zero-order chi connectivity index (χ0) is 14.7. The third-order valence-electron chi connectivity index (χ3n) is 4.62. The monoisotopic (exact) mass is 282 g/mol. The molecule has 0 unspecified atom stereocenters. The highest BCUT2D eigenvalue weighted by Gasteiger charge is 2.15. The standard InChI is InChI=1S/C20H14N2/c1-22-17-11-5-4-9-15(17)18-13-7-2-3-8-14(13)19-16(20(18)22)10-6-12-21-19/h2-12H,1H3. The quantitative estimate of drug-likeness (QED) is 0.364. The van der Waals surface area contributed by atoms with Crippen molar-refractivity contribution in [3.8, 4) is 0 Å². The lowest BCUT2D eigenvalue weighted by molar-refractivity contribution is 1.02. The van der Waals surface area contributed by atoms with E-state index >= 15 is 0 Å². The van der Waals surface area contributed by atoms with Crippen LogP contribution in [0.2, 0.25) is 0 Å². The molecular weight excluding hydrogens is 268 g/mol. The Morgan fingerprint density at radius 1 is 0.727 bits per heavy atom. The highest BCUT2D eigenvalue weighted by atomic mass is 14.9. The number of hydrogen-bond donors (Lipinski definition) is 0. The van der Waals surface area contributed by atoms with E-state index in [0.717, 1.165) is 5.52 Å². The van der Waals surface area contributed by atoms with Gasteiger partial charge >= 0.3 is 0 Å². The molecule has 5 rings (SSSR count). The molecule has 22 heavy (non-hydrogen) atoms. The van der Waals surface area contributed by atoms with Crippen molar-refractivity contribution in [2.24, 2.45) is 7.05 Å². The predicted molar refractivity (Wildman–Crippen MR) is 93.2 cm³/mol. The number of rotatable bonds is 0. The Bertz CT molecular complexity index is 1180. The first-order chi connectivity index (χ1) is 10.9. The average molecular weight is 282 g/mol. The van der Waals surface area contributed by atoms with E-state index in [1.54, 1.807) is 0 Å². The van der Waals surface area contributed by atoms with E-state index in [0.29, 0.717) is 0 Å². The van der Waals surface area contributed by atoms with Crippen LogP contribution in [0.15, 0.2) is 66.9 Å². The van der Waals surface area contributed by atoms with Gasteiger partial charge in [-0.3, -0.25) is 4.98 Å². The second-order valence-electron chi connectivity index (χ2n) is 5.74. The van der Waals surface area contributed by atoms with E-state index in [1.807, 2.05) is 12.3 Å². The molecule has 2 heterocycles. The molecule has 0 radical (unpaired) electrons. The third-order valence-corrected chi connectivity index (χ3v) is 4.62. The van der Waals surface area contributed by atoms with Gasteiger partial charge in [0.05, 0.1) is 11.0 Å². The zero-order valence-electron chi connectivity index (χ0n) is 12.2. The maximum absolute atomic E-state index is 4.66. The summed E-state index contributed by atoms with van der Waals surface area (Å²) in [6.45, 7) is 0. The van der Waals surface area contributed by atoms with Crippen molar-refractivity contribution < 1.29 is 0 Å². The number of para-hydroxylation sites is 1. The summed E-state index contributed by atoms with van der Waals surface area (Å²) in [5.41, 5.74) is 3.61. The van der Waals surface area contributed by atoms with E-state index in [1.165, 1.54) is 38.0 Å². The molecule has 0 N–H and O–H groups in total. The smallest absolute Gasteiger partial charge is 0.0801 e. The molecule has 0 bridgehead atoms. The van der Waals surface area contributed by atoms with Gasteiger partial charge in [-0.2, -0.15) is 0 Å². The minimum absolute atomic E-state index is 1.08. The number of aryl methyl sites for hydroxylation is 1. The van der Waals surface area contributed by atoms with Crippen LogP contribution in [0.25, 0.3) is 43.5 Å². The Balaban J connectivity index is 2.29. The number of aromatic nitrogens is 2. The molecule has 2 heteroatoms. The first-order valence-electron chi connectivity index (χ1n) is 7.49. The molecular formula is C20H14N2. The second-order valence-corrected chi connectivity index (χ2v) is 5.74. The summed E-state index contributed by atoms with van der Waals surface area (Å²) in [7, 11) is 2.14. The normalized spacial score (nSPS) is 11.9. The summed E-state index contributed by atoms with van der Waals surface area (Å²) in [6.07, 6.45) is 1.88. The Morgan fingerprint density at radius 3 is 2.27 bits per heavy atom. The van der Waals surface area contributed by atoms with E-state index in [9.17, 15) is 0 Å². The van der Waals surface area contributed by atoms with Crippen molar-refractivity contribution >= 4 is 43.5 Å². The van der Waals surface area contributed by atoms with Crippen LogP contribution in [0.4, 0.5) is 0 Å². The van der Waals surface area contributed by atoms with E-state index < -0.39 is 0 Å². The molecule has 104 valence electrons. The largest absolute Gasteiger partial charge is 0.343 e. The fraction of sp³-hybridized carbons (Fsp3) is 0.0500. The first-order valence-corrected chi connectivity index (χ1v) is 7.49. The zero-order valence-corrected chi connectivity index (χ0v) is 12.2. The molecule has 2 aromatic heterocycles. The van der Waals surface area contributed by atoms with Crippen LogP contribution in [0.1, 0.15) is 0 Å². The van der Waals surface area contributed by atoms with Crippen LogP contribution in [-0.2, 0) is 7.05 Å². The topological polar surface area (TPSA) is 17.8 Å². The molecule has 2 nitrogen and oxygen atoms in total. The van der Waals surface area contributed by atoms with Gasteiger partial charge in [0.25, 0.3) is 0 Å². The summed E-state index contributed by atoms with van der Waals surface area (Å²) in [5, 5.41) is 6.36. The minimum Gasteiger partial charge on any atom is -0.343 e. The van der Waals surface area contributed by atoms with Gasteiger partial charge in [-0.1, -0.05) is 42.5 Å². The lowest BCUT2D eigenvalue weighted by Crippen LogP contribution is -1.90. The number of pyridine rings is 1. The lowest BCUT2D eigenvalue weighted by Gasteiger charge is -2.07. The van der Waals surface area contributed by atoms with Crippen molar-refractivity contribution in [1.82, 2.24) is 9.55 Å². The van der Waals surface area contributed by atoms with Gasteiger partial charge in [0.2, 0.25) is 0 Å². The van der Waals surface area contributed by atoms with Crippen molar-refractivity contribution in [3.63, 3.8) is 0 Å². The van der Waals surface area contributed by atoms with Crippen LogP contribution >= 0.6 is 0 Å². The third kappa shape index (κ3) is 1.32. The van der Waals surface area contributed by atoms with Gasteiger partial charge in [0, 0.05) is 40.3 Å². The molecule has 0 aliphatic rings. The SMILES string of the molecule is Cn1c2ccccc2c2c3ccccc3c3ncccc3c21. The summed E-state index contributed by atoms with van der Waals surface area (Å²) >= 11 is 0.